The van der Waals surface area contributed by atoms with Crippen LogP contribution in [0.5, 0.6) is 0 Å². The first-order valence-corrected chi connectivity index (χ1v) is 10.4. The molecule has 31 heavy (non-hydrogen) atoms. The van der Waals surface area contributed by atoms with Gasteiger partial charge in [0.05, 0.1) is 12.1 Å². The fourth-order valence-electron chi connectivity index (χ4n) is 4.51. The van der Waals surface area contributed by atoms with Gasteiger partial charge in [-0.15, -0.1) is 0 Å². The topological polar surface area (TPSA) is 45.7 Å². The molecule has 0 amide bonds. The maximum Gasteiger partial charge on any atom is 0.279 e. The fourth-order valence-corrected chi connectivity index (χ4v) is 4.51. The summed E-state index contributed by atoms with van der Waals surface area (Å²) in [6, 6.07) is 14.1. The van der Waals surface area contributed by atoms with E-state index >= 15 is 0 Å². The van der Waals surface area contributed by atoms with Gasteiger partial charge in [-0.05, 0) is 23.3 Å². The molecule has 0 bridgehead atoms. The molecule has 2 aromatic carbocycles. The van der Waals surface area contributed by atoms with Crippen LogP contribution in [0.2, 0.25) is 0 Å². The van der Waals surface area contributed by atoms with Gasteiger partial charge >= 0.3 is 0 Å². The van der Waals surface area contributed by atoms with E-state index in [0.717, 1.165) is 48.4 Å². The van der Waals surface area contributed by atoms with Gasteiger partial charge in [0.2, 0.25) is 5.95 Å². The Balaban J connectivity index is 1.37. The molecule has 1 aromatic heterocycles. The third-order valence-electron chi connectivity index (χ3n) is 6.03. The first-order valence-electron chi connectivity index (χ1n) is 10.4. The van der Waals surface area contributed by atoms with Gasteiger partial charge in [-0.3, -0.25) is 9.69 Å². The second-order valence-electron chi connectivity index (χ2n) is 8.08. The minimum atomic E-state index is -0.251. The Morgan fingerprint density at radius 3 is 2.68 bits per heavy atom. The average Bonchev–Trinajstić information content (AvgIpc) is 3.18. The number of anilines is 1. The summed E-state index contributed by atoms with van der Waals surface area (Å²) in [7, 11) is 0. The Labute approximate surface area is 180 Å². The molecular weight excluding hydrogens is 393 g/mol. The normalized spacial score (nSPS) is 15.4. The zero-order valence-electron chi connectivity index (χ0n) is 17.1. The monoisotopic (exact) mass is 415 g/mol. The van der Waals surface area contributed by atoms with Gasteiger partial charge in [0, 0.05) is 51.4 Å². The minimum Gasteiger partial charge on any atom is -0.336 e. The van der Waals surface area contributed by atoms with Crippen molar-refractivity contribution in [1.29, 1.82) is 0 Å². The van der Waals surface area contributed by atoms with Crippen molar-refractivity contribution < 1.29 is 4.39 Å². The molecule has 2 aliphatic rings. The third kappa shape index (κ3) is 3.82. The lowest BCUT2D eigenvalue weighted by atomic mass is 10.1. The first kappa shape index (κ1) is 19.5. The fraction of sp³-hybridized carbons (Fsp3) is 0.292. The molecule has 3 heterocycles. The van der Waals surface area contributed by atoms with E-state index in [2.05, 4.69) is 24.2 Å². The summed E-state index contributed by atoms with van der Waals surface area (Å²) in [5.74, 6) is 0.464. The van der Waals surface area contributed by atoms with Gasteiger partial charge in [-0.25, -0.2) is 9.24 Å². The van der Waals surface area contributed by atoms with Crippen molar-refractivity contribution >= 4 is 11.6 Å². The molecule has 3 aromatic rings. The quantitative estimate of drug-likeness (QED) is 0.612. The van der Waals surface area contributed by atoms with E-state index in [-0.39, 0.29) is 11.4 Å². The summed E-state index contributed by atoms with van der Waals surface area (Å²) in [6.45, 7) is 11.5. The van der Waals surface area contributed by atoms with E-state index in [1.54, 1.807) is 18.2 Å². The SMILES string of the molecule is [C-]#[N+]c1cccc(CN2CCc3c(c(=O)nc4n3CCN4Cc3ccc(F)cc3)C2)c1. The molecule has 0 radical (unpaired) electrons. The number of fused-ring (bicyclic) bond motifs is 3. The smallest absolute Gasteiger partial charge is 0.279 e. The summed E-state index contributed by atoms with van der Waals surface area (Å²) in [5, 5.41) is 0. The number of hydrogen-bond donors (Lipinski definition) is 0. The largest absolute Gasteiger partial charge is 0.336 e. The van der Waals surface area contributed by atoms with E-state index in [9.17, 15) is 9.18 Å². The molecule has 0 fully saturated rings. The maximum atomic E-state index is 13.2. The van der Waals surface area contributed by atoms with E-state index in [0.29, 0.717) is 31.3 Å². The number of halogens is 1. The van der Waals surface area contributed by atoms with E-state index in [4.69, 9.17) is 6.57 Å². The molecule has 156 valence electrons. The zero-order chi connectivity index (χ0) is 21.4. The van der Waals surface area contributed by atoms with Crippen molar-refractivity contribution in [2.75, 3.05) is 18.0 Å². The lowest BCUT2D eigenvalue weighted by molar-refractivity contribution is 0.239. The molecule has 0 saturated carbocycles. The Morgan fingerprint density at radius 1 is 1.03 bits per heavy atom. The molecule has 7 heteroatoms. The van der Waals surface area contributed by atoms with E-state index in [1.165, 1.54) is 12.1 Å². The average molecular weight is 415 g/mol. The molecule has 0 N–H and O–H groups in total. The molecule has 0 unspecified atom stereocenters. The van der Waals surface area contributed by atoms with Crippen molar-refractivity contribution in [3.8, 4) is 0 Å². The molecule has 0 atom stereocenters. The summed E-state index contributed by atoms with van der Waals surface area (Å²) < 4.78 is 15.4. The van der Waals surface area contributed by atoms with E-state index < -0.39 is 0 Å². The summed E-state index contributed by atoms with van der Waals surface area (Å²) in [4.78, 5) is 25.2. The zero-order valence-corrected chi connectivity index (χ0v) is 17.1. The Bertz CT molecular complexity index is 1230. The second kappa shape index (κ2) is 7.97. The molecular formula is C24H22FN5O. The van der Waals surface area contributed by atoms with Gasteiger partial charge in [0.15, 0.2) is 5.69 Å². The van der Waals surface area contributed by atoms with Crippen LogP contribution in [0.1, 0.15) is 22.4 Å². The van der Waals surface area contributed by atoms with Crippen LogP contribution in [-0.2, 0) is 32.6 Å². The number of rotatable bonds is 4. The third-order valence-corrected chi connectivity index (χ3v) is 6.03. The molecule has 0 saturated heterocycles. The van der Waals surface area contributed by atoms with Crippen LogP contribution in [0.15, 0.2) is 53.3 Å². The highest BCUT2D eigenvalue weighted by atomic mass is 19.1. The minimum absolute atomic E-state index is 0.160. The molecule has 2 aliphatic heterocycles. The van der Waals surface area contributed by atoms with Crippen LogP contribution in [0.25, 0.3) is 4.85 Å². The molecule has 6 nitrogen and oxygen atoms in total. The van der Waals surface area contributed by atoms with Crippen molar-refractivity contribution in [3.05, 3.63) is 98.5 Å². The Kier molecular flexibility index (Phi) is 5.00. The van der Waals surface area contributed by atoms with Crippen LogP contribution >= 0.6 is 0 Å². The number of benzene rings is 2. The lowest BCUT2D eigenvalue weighted by Crippen LogP contribution is -2.37. The van der Waals surface area contributed by atoms with Crippen LogP contribution in [0.3, 0.4) is 0 Å². The Morgan fingerprint density at radius 2 is 1.87 bits per heavy atom. The van der Waals surface area contributed by atoms with Crippen LogP contribution < -0.4 is 10.5 Å². The van der Waals surface area contributed by atoms with E-state index in [1.807, 2.05) is 18.2 Å². The second-order valence-corrected chi connectivity index (χ2v) is 8.08. The number of nitrogens with zero attached hydrogens (tertiary/aromatic N) is 5. The highest BCUT2D eigenvalue weighted by molar-refractivity contribution is 5.46. The van der Waals surface area contributed by atoms with Crippen molar-refractivity contribution in [2.45, 2.75) is 32.6 Å². The molecule has 5 rings (SSSR count). The summed E-state index contributed by atoms with van der Waals surface area (Å²) in [6.07, 6.45) is 0.799. The number of hydrogen-bond acceptors (Lipinski definition) is 4. The standard InChI is InChI=1S/C24H22FN5O/c1-26-20-4-2-3-18(13-20)14-28-10-9-22-21(16-28)23(31)27-24-29(11-12-30(22)24)15-17-5-7-19(25)8-6-17/h2-8,13H,9-12,14-16H2. The van der Waals surface area contributed by atoms with Crippen LogP contribution in [-0.4, -0.2) is 27.5 Å². The summed E-state index contributed by atoms with van der Waals surface area (Å²) >= 11 is 0. The van der Waals surface area contributed by atoms with Gasteiger partial charge in [0.1, 0.15) is 5.82 Å². The highest BCUT2D eigenvalue weighted by Crippen LogP contribution is 2.27. The molecule has 0 aliphatic carbocycles. The van der Waals surface area contributed by atoms with Crippen molar-refractivity contribution in [3.63, 3.8) is 0 Å². The number of aromatic nitrogens is 2. The van der Waals surface area contributed by atoms with Gasteiger partial charge in [-0.2, -0.15) is 4.98 Å². The van der Waals surface area contributed by atoms with Crippen molar-refractivity contribution in [2.24, 2.45) is 0 Å². The maximum absolute atomic E-state index is 13.2. The van der Waals surface area contributed by atoms with Crippen LogP contribution in [0.4, 0.5) is 16.0 Å². The Hall–Kier alpha value is -3.50. The highest BCUT2D eigenvalue weighted by Gasteiger charge is 2.29. The van der Waals surface area contributed by atoms with Crippen molar-refractivity contribution in [1.82, 2.24) is 14.5 Å². The van der Waals surface area contributed by atoms with Gasteiger partial charge < -0.3 is 9.47 Å². The predicted octanol–water partition coefficient (Wildman–Crippen LogP) is 3.51. The van der Waals surface area contributed by atoms with Gasteiger partial charge in [-0.1, -0.05) is 36.4 Å². The lowest BCUT2D eigenvalue weighted by Gasteiger charge is -2.30. The summed E-state index contributed by atoms with van der Waals surface area (Å²) in [5.41, 5.74) is 4.41. The molecule has 0 spiro atoms. The van der Waals surface area contributed by atoms with Gasteiger partial charge in [0.25, 0.3) is 5.56 Å². The predicted molar refractivity (Wildman–Crippen MR) is 116 cm³/mol. The van der Waals surface area contributed by atoms with Crippen LogP contribution in [0, 0.1) is 12.4 Å². The first-order chi connectivity index (χ1) is 15.1.